The number of nitrogens with one attached hydrogen (secondary N) is 1. The fourth-order valence-electron chi connectivity index (χ4n) is 1.46. The van der Waals surface area contributed by atoms with Gasteiger partial charge in [0.1, 0.15) is 0 Å². The maximum absolute atomic E-state index is 11.7. The van der Waals surface area contributed by atoms with E-state index in [0.717, 1.165) is 0 Å². The van der Waals surface area contributed by atoms with Crippen molar-refractivity contribution < 1.29 is 9.00 Å². The fraction of sp³-hybridized carbons (Fsp3) is 0.462. The van der Waals surface area contributed by atoms with Crippen molar-refractivity contribution in [2.75, 3.05) is 16.8 Å². The molecule has 0 saturated heterocycles. The van der Waals surface area contributed by atoms with Crippen molar-refractivity contribution in [3.63, 3.8) is 0 Å². The van der Waals surface area contributed by atoms with Crippen molar-refractivity contribution in [2.24, 2.45) is 0 Å². The van der Waals surface area contributed by atoms with Crippen LogP contribution in [0.5, 0.6) is 0 Å². The summed E-state index contributed by atoms with van der Waals surface area (Å²) in [6, 6.07) is 4.93. The lowest BCUT2D eigenvalue weighted by molar-refractivity contribution is -0.116. The first kappa shape index (κ1) is 16.0. The van der Waals surface area contributed by atoms with Crippen molar-refractivity contribution >= 4 is 39.7 Å². The number of carbonyl (C=O) groups excluding carboxylic acids is 1. The Labute approximate surface area is 121 Å². The van der Waals surface area contributed by atoms with Gasteiger partial charge in [-0.3, -0.25) is 9.00 Å². The van der Waals surface area contributed by atoms with E-state index in [-0.39, 0.29) is 11.2 Å². The van der Waals surface area contributed by atoms with Gasteiger partial charge in [-0.1, -0.05) is 25.4 Å². The Morgan fingerprint density at radius 2 is 2.16 bits per heavy atom. The van der Waals surface area contributed by atoms with Crippen molar-refractivity contribution in [1.29, 1.82) is 0 Å². The Hall–Kier alpha value is -1.07. The summed E-state index contributed by atoms with van der Waals surface area (Å²) < 4.78 is 11.5. The molecule has 0 aromatic heterocycles. The summed E-state index contributed by atoms with van der Waals surface area (Å²) in [6.07, 6.45) is 0.933. The molecule has 1 atom stereocenters. The molecule has 1 rings (SSSR count). The molecule has 0 heterocycles. The first-order valence-electron chi connectivity index (χ1n) is 6.12. The third kappa shape index (κ3) is 5.61. The number of amides is 1. The zero-order valence-electron chi connectivity index (χ0n) is 11.1. The third-order valence-corrected chi connectivity index (χ3v) is 4.60. The van der Waals surface area contributed by atoms with Crippen LogP contribution in [0.2, 0.25) is 5.02 Å². The number of halogens is 1. The topological polar surface area (TPSA) is 72.2 Å². The van der Waals surface area contributed by atoms with Gasteiger partial charge in [0.2, 0.25) is 5.91 Å². The second kappa shape index (κ2) is 7.50. The smallest absolute Gasteiger partial charge is 0.224 e. The van der Waals surface area contributed by atoms with Gasteiger partial charge in [0.05, 0.1) is 10.7 Å². The van der Waals surface area contributed by atoms with Gasteiger partial charge in [0.15, 0.2) is 0 Å². The Kier molecular flexibility index (Phi) is 6.31. The van der Waals surface area contributed by atoms with Gasteiger partial charge in [0, 0.05) is 33.9 Å². The maximum atomic E-state index is 11.7. The number of nitrogen functional groups attached to an aromatic ring is 1. The number of hydrogen-bond donors (Lipinski definition) is 2. The summed E-state index contributed by atoms with van der Waals surface area (Å²) in [4.78, 5) is 11.7. The number of nitrogens with two attached hydrogens (primary N) is 1. The average molecular weight is 303 g/mol. The van der Waals surface area contributed by atoms with Crippen molar-refractivity contribution in [3.05, 3.63) is 23.2 Å². The Morgan fingerprint density at radius 3 is 2.74 bits per heavy atom. The van der Waals surface area contributed by atoms with Crippen LogP contribution in [0.25, 0.3) is 0 Å². The van der Waals surface area contributed by atoms with Crippen LogP contribution in [0.1, 0.15) is 26.7 Å². The molecule has 3 N–H and O–H groups in total. The molecule has 0 radical (unpaired) electrons. The van der Waals surface area contributed by atoms with Gasteiger partial charge in [-0.25, -0.2) is 0 Å². The van der Waals surface area contributed by atoms with Gasteiger partial charge >= 0.3 is 0 Å². The van der Waals surface area contributed by atoms with Crippen LogP contribution in [0, 0.1) is 0 Å². The molecule has 0 aliphatic heterocycles. The molecule has 6 heteroatoms. The molecular formula is C13H19ClN2O2S. The molecule has 0 fully saturated rings. The molecular weight excluding hydrogens is 284 g/mol. The summed E-state index contributed by atoms with van der Waals surface area (Å²) in [6.45, 7) is 3.81. The van der Waals surface area contributed by atoms with Gasteiger partial charge in [-0.2, -0.15) is 0 Å². The number of benzene rings is 1. The van der Waals surface area contributed by atoms with E-state index >= 15 is 0 Å². The minimum absolute atomic E-state index is 0.132. The predicted octanol–water partition coefficient (Wildman–Crippen LogP) is 2.80. The zero-order chi connectivity index (χ0) is 14.4. The van der Waals surface area contributed by atoms with Crippen molar-refractivity contribution in [2.45, 2.75) is 31.9 Å². The molecule has 1 unspecified atom stereocenters. The predicted molar refractivity (Wildman–Crippen MR) is 81.9 cm³/mol. The Morgan fingerprint density at radius 1 is 1.47 bits per heavy atom. The third-order valence-electron chi connectivity index (χ3n) is 2.54. The first-order chi connectivity index (χ1) is 8.90. The van der Waals surface area contributed by atoms with E-state index in [0.29, 0.717) is 35.0 Å². The molecule has 0 spiro atoms. The monoisotopic (exact) mass is 302 g/mol. The quantitative estimate of drug-likeness (QED) is 0.794. The highest BCUT2D eigenvalue weighted by Crippen LogP contribution is 2.24. The maximum Gasteiger partial charge on any atom is 0.224 e. The molecule has 0 bridgehead atoms. The van der Waals surface area contributed by atoms with Gasteiger partial charge in [-0.05, 0) is 24.6 Å². The van der Waals surface area contributed by atoms with Crippen molar-refractivity contribution in [1.82, 2.24) is 0 Å². The summed E-state index contributed by atoms with van der Waals surface area (Å²) in [5, 5.41) is 3.26. The molecule has 1 amide bonds. The normalized spacial score (nSPS) is 12.4. The summed E-state index contributed by atoms with van der Waals surface area (Å²) in [7, 11) is -0.865. The number of anilines is 2. The van der Waals surface area contributed by atoms with Crippen LogP contribution < -0.4 is 11.1 Å². The van der Waals surface area contributed by atoms with Crippen LogP contribution in [0.3, 0.4) is 0 Å². The highest BCUT2D eigenvalue weighted by atomic mass is 35.5. The minimum atomic E-state index is -0.865. The Balaban J connectivity index is 2.41. The molecule has 106 valence electrons. The molecule has 0 saturated carbocycles. The SMILES string of the molecule is CC(C)S(=O)CCCC(=O)Nc1ccc(N)cc1Cl. The van der Waals surface area contributed by atoms with E-state index in [2.05, 4.69) is 5.32 Å². The molecule has 4 nitrogen and oxygen atoms in total. The Bertz CT molecular complexity index is 478. The minimum Gasteiger partial charge on any atom is -0.399 e. The molecule has 1 aromatic carbocycles. The van der Waals surface area contributed by atoms with E-state index in [4.69, 9.17) is 17.3 Å². The highest BCUT2D eigenvalue weighted by Gasteiger charge is 2.09. The largest absolute Gasteiger partial charge is 0.399 e. The summed E-state index contributed by atoms with van der Waals surface area (Å²) >= 11 is 5.96. The van der Waals surface area contributed by atoms with Gasteiger partial charge in [-0.15, -0.1) is 0 Å². The van der Waals surface area contributed by atoms with Crippen LogP contribution in [0.15, 0.2) is 18.2 Å². The molecule has 19 heavy (non-hydrogen) atoms. The van der Waals surface area contributed by atoms with Gasteiger partial charge < -0.3 is 11.1 Å². The zero-order valence-corrected chi connectivity index (χ0v) is 12.7. The number of rotatable bonds is 6. The number of carbonyl (C=O) groups is 1. The first-order valence-corrected chi connectivity index (χ1v) is 7.88. The summed E-state index contributed by atoms with van der Waals surface area (Å²) in [5.74, 6) is 0.410. The second-order valence-electron chi connectivity index (χ2n) is 4.52. The van der Waals surface area contributed by atoms with Crippen LogP contribution in [-0.4, -0.2) is 21.1 Å². The average Bonchev–Trinajstić information content (AvgIpc) is 2.32. The lowest BCUT2D eigenvalue weighted by Crippen LogP contribution is -2.15. The van der Waals surface area contributed by atoms with Crippen LogP contribution in [0.4, 0.5) is 11.4 Å². The van der Waals surface area contributed by atoms with E-state index in [1.807, 2.05) is 13.8 Å². The second-order valence-corrected chi connectivity index (χ2v) is 7.04. The van der Waals surface area contributed by atoms with Crippen molar-refractivity contribution in [3.8, 4) is 0 Å². The van der Waals surface area contributed by atoms with Gasteiger partial charge in [0.25, 0.3) is 0 Å². The standard InChI is InChI=1S/C13H19ClN2O2S/c1-9(2)19(18)7-3-4-13(17)16-12-6-5-10(15)8-11(12)14/h5-6,8-9H,3-4,7,15H2,1-2H3,(H,16,17). The molecule has 0 aliphatic carbocycles. The van der Waals surface area contributed by atoms with E-state index in [9.17, 15) is 9.00 Å². The fourth-order valence-corrected chi connectivity index (χ4v) is 2.59. The summed E-state index contributed by atoms with van der Waals surface area (Å²) in [5.41, 5.74) is 6.67. The van der Waals surface area contributed by atoms with E-state index in [1.165, 1.54) is 0 Å². The molecule has 0 aliphatic rings. The lowest BCUT2D eigenvalue weighted by atomic mass is 10.2. The van der Waals surface area contributed by atoms with E-state index in [1.54, 1.807) is 18.2 Å². The van der Waals surface area contributed by atoms with Crippen LogP contribution >= 0.6 is 11.6 Å². The molecule has 1 aromatic rings. The number of hydrogen-bond acceptors (Lipinski definition) is 3. The lowest BCUT2D eigenvalue weighted by Gasteiger charge is -2.08. The van der Waals surface area contributed by atoms with Crippen LogP contribution in [-0.2, 0) is 15.6 Å². The van der Waals surface area contributed by atoms with E-state index < -0.39 is 10.8 Å². The highest BCUT2D eigenvalue weighted by molar-refractivity contribution is 7.85.